The van der Waals surface area contributed by atoms with Crippen LogP contribution in [-0.4, -0.2) is 51.1 Å². The topological polar surface area (TPSA) is 70.4 Å². The average Bonchev–Trinajstić information content (AvgIpc) is 3.35. The predicted octanol–water partition coefficient (Wildman–Crippen LogP) is 3.61. The third kappa shape index (κ3) is 7.03. The van der Waals surface area contributed by atoms with Crippen LogP contribution in [0.5, 0.6) is 0 Å². The van der Waals surface area contributed by atoms with Crippen LogP contribution in [0.4, 0.5) is 0 Å². The largest absolute Gasteiger partial charge is 0.357 e. The number of imidazole rings is 1. The van der Waals surface area contributed by atoms with Gasteiger partial charge in [0.1, 0.15) is 12.1 Å². The number of likely N-dealkylation sites (tertiary alicyclic amines) is 1. The van der Waals surface area contributed by atoms with Crippen molar-refractivity contribution in [3.63, 3.8) is 0 Å². The summed E-state index contributed by atoms with van der Waals surface area (Å²) in [6.45, 7) is 6.78. The lowest BCUT2D eigenvalue weighted by Crippen LogP contribution is -2.48. The summed E-state index contributed by atoms with van der Waals surface area (Å²) in [4.78, 5) is 15.9. The van der Waals surface area contributed by atoms with Crippen molar-refractivity contribution >= 4 is 29.9 Å². The van der Waals surface area contributed by atoms with Gasteiger partial charge in [0, 0.05) is 50.8 Å². The zero-order chi connectivity index (χ0) is 21.3. The summed E-state index contributed by atoms with van der Waals surface area (Å²) in [6.07, 6.45) is 9.51. The van der Waals surface area contributed by atoms with Crippen molar-refractivity contribution in [3.05, 3.63) is 78.5 Å². The number of nitrogens with zero attached hydrogens (tertiary/aromatic N) is 5. The Hall–Kier alpha value is -2.46. The van der Waals surface area contributed by atoms with Gasteiger partial charge in [-0.3, -0.25) is 9.47 Å². The van der Waals surface area contributed by atoms with Crippen molar-refractivity contribution in [2.24, 2.45) is 4.99 Å². The Bertz CT molecular complexity index is 934. The van der Waals surface area contributed by atoms with Gasteiger partial charge in [-0.05, 0) is 37.0 Å². The molecule has 3 heterocycles. The number of piperidine rings is 1. The van der Waals surface area contributed by atoms with E-state index in [-0.39, 0.29) is 24.0 Å². The van der Waals surface area contributed by atoms with Gasteiger partial charge in [-0.2, -0.15) is 0 Å². The van der Waals surface area contributed by atoms with Gasteiger partial charge in [-0.15, -0.1) is 24.0 Å². The predicted molar refractivity (Wildman–Crippen MR) is 139 cm³/mol. The molecule has 1 saturated heterocycles. The second kappa shape index (κ2) is 12.5. The lowest BCUT2D eigenvalue weighted by Gasteiger charge is -2.33. The highest BCUT2D eigenvalue weighted by Gasteiger charge is 2.20. The molecule has 8 heteroatoms. The molecule has 7 nitrogen and oxygen atoms in total. The van der Waals surface area contributed by atoms with Gasteiger partial charge in [-0.25, -0.2) is 15.0 Å². The van der Waals surface area contributed by atoms with E-state index in [1.165, 1.54) is 5.56 Å². The van der Waals surface area contributed by atoms with E-state index in [1.807, 2.05) is 23.0 Å². The van der Waals surface area contributed by atoms with Crippen LogP contribution in [0.15, 0.2) is 72.4 Å². The first-order valence-corrected chi connectivity index (χ1v) is 11.0. The van der Waals surface area contributed by atoms with Crippen molar-refractivity contribution in [1.82, 2.24) is 30.1 Å². The van der Waals surface area contributed by atoms with Crippen LogP contribution in [-0.2, 0) is 13.1 Å². The summed E-state index contributed by atoms with van der Waals surface area (Å²) in [5.74, 6) is 1.74. The quantitative estimate of drug-likeness (QED) is 0.270. The van der Waals surface area contributed by atoms with E-state index in [0.29, 0.717) is 12.6 Å². The second-order valence-electron chi connectivity index (χ2n) is 7.87. The summed E-state index contributed by atoms with van der Waals surface area (Å²) in [5.41, 5.74) is 2.47. The van der Waals surface area contributed by atoms with Gasteiger partial charge in [-0.1, -0.05) is 36.4 Å². The molecule has 3 aromatic rings. The van der Waals surface area contributed by atoms with Crippen LogP contribution >= 0.6 is 24.0 Å². The fourth-order valence-electron chi connectivity index (χ4n) is 3.82. The van der Waals surface area contributed by atoms with Crippen LogP contribution in [0.3, 0.4) is 0 Å². The fourth-order valence-corrected chi connectivity index (χ4v) is 3.82. The maximum atomic E-state index is 4.78. The van der Waals surface area contributed by atoms with E-state index in [0.717, 1.165) is 56.4 Å². The molecule has 1 aliphatic heterocycles. The Morgan fingerprint density at radius 1 is 1.09 bits per heavy atom. The number of hydrogen-bond donors (Lipinski definition) is 2. The molecule has 4 rings (SSSR count). The summed E-state index contributed by atoms with van der Waals surface area (Å²) >= 11 is 0. The van der Waals surface area contributed by atoms with E-state index >= 15 is 0 Å². The minimum Gasteiger partial charge on any atom is -0.357 e. The molecular formula is C24H32IN7. The number of pyridine rings is 1. The molecule has 0 unspecified atom stereocenters. The zero-order valence-corrected chi connectivity index (χ0v) is 20.9. The van der Waals surface area contributed by atoms with Crippen LogP contribution in [0.1, 0.15) is 30.9 Å². The summed E-state index contributed by atoms with van der Waals surface area (Å²) < 4.78 is 1.89. The van der Waals surface area contributed by atoms with E-state index in [4.69, 9.17) is 4.99 Å². The molecule has 0 bridgehead atoms. The molecule has 0 saturated carbocycles. The minimum atomic E-state index is 0. The molecule has 1 aromatic carbocycles. The molecule has 1 fully saturated rings. The standard InChI is InChI=1S/C24H31N7.HI/c1-2-26-24(28-17-21-8-9-23(27-16-21)31-15-12-25-19-31)29-22-10-13-30(14-11-22)18-20-6-4-3-5-7-20;/h3-9,12,15-16,19,22H,2,10-11,13-14,17-18H2,1H3,(H2,26,28,29);1H. The minimum absolute atomic E-state index is 0. The lowest BCUT2D eigenvalue weighted by atomic mass is 10.0. The first kappa shape index (κ1) is 24.2. The fraction of sp³-hybridized carbons (Fsp3) is 0.375. The van der Waals surface area contributed by atoms with Crippen molar-refractivity contribution in [1.29, 1.82) is 0 Å². The molecule has 2 N–H and O–H groups in total. The molecule has 0 aliphatic carbocycles. The Morgan fingerprint density at radius 3 is 2.56 bits per heavy atom. The number of halogens is 1. The van der Waals surface area contributed by atoms with Gasteiger partial charge in [0.2, 0.25) is 0 Å². The van der Waals surface area contributed by atoms with Crippen LogP contribution < -0.4 is 10.6 Å². The third-order valence-electron chi connectivity index (χ3n) is 5.52. The van der Waals surface area contributed by atoms with Crippen molar-refractivity contribution in [2.75, 3.05) is 19.6 Å². The average molecular weight is 545 g/mol. The zero-order valence-electron chi connectivity index (χ0n) is 18.5. The number of nitrogens with one attached hydrogen (secondary N) is 2. The molecule has 0 amide bonds. The normalized spacial score (nSPS) is 15.2. The van der Waals surface area contributed by atoms with Gasteiger partial charge >= 0.3 is 0 Å². The maximum absolute atomic E-state index is 4.78. The number of aliphatic imine (C=N–C) groups is 1. The number of guanidine groups is 1. The monoisotopic (exact) mass is 545 g/mol. The van der Waals surface area contributed by atoms with Crippen molar-refractivity contribution in [3.8, 4) is 5.82 Å². The number of rotatable bonds is 7. The second-order valence-corrected chi connectivity index (χ2v) is 7.87. The van der Waals surface area contributed by atoms with Crippen LogP contribution in [0, 0.1) is 0 Å². The Kier molecular flexibility index (Phi) is 9.48. The summed E-state index contributed by atoms with van der Waals surface area (Å²) in [6, 6.07) is 15.2. The highest BCUT2D eigenvalue weighted by atomic mass is 127. The Morgan fingerprint density at radius 2 is 1.91 bits per heavy atom. The molecule has 2 aromatic heterocycles. The van der Waals surface area contributed by atoms with Crippen LogP contribution in [0.2, 0.25) is 0 Å². The number of aromatic nitrogens is 3. The Balaban J connectivity index is 0.00000289. The van der Waals surface area contributed by atoms with Gasteiger partial charge in [0.15, 0.2) is 5.96 Å². The third-order valence-corrected chi connectivity index (χ3v) is 5.52. The van der Waals surface area contributed by atoms with E-state index in [9.17, 15) is 0 Å². The number of hydrogen-bond acceptors (Lipinski definition) is 4. The lowest BCUT2D eigenvalue weighted by molar-refractivity contribution is 0.198. The molecule has 170 valence electrons. The molecule has 0 spiro atoms. The first-order chi connectivity index (χ1) is 15.3. The SMILES string of the molecule is CCNC(=NCc1ccc(-n2ccnc2)nc1)NC1CCN(Cc2ccccc2)CC1.I. The molecule has 0 atom stereocenters. The number of benzene rings is 1. The smallest absolute Gasteiger partial charge is 0.191 e. The van der Waals surface area contributed by atoms with Gasteiger partial charge in [0.05, 0.1) is 6.54 Å². The summed E-state index contributed by atoms with van der Waals surface area (Å²) in [7, 11) is 0. The van der Waals surface area contributed by atoms with E-state index < -0.39 is 0 Å². The highest BCUT2D eigenvalue weighted by molar-refractivity contribution is 14.0. The van der Waals surface area contributed by atoms with E-state index in [2.05, 4.69) is 68.8 Å². The molecular weight excluding hydrogens is 513 g/mol. The van der Waals surface area contributed by atoms with E-state index in [1.54, 1.807) is 12.5 Å². The van der Waals surface area contributed by atoms with Crippen molar-refractivity contribution < 1.29 is 0 Å². The Labute approximate surface area is 207 Å². The van der Waals surface area contributed by atoms with Gasteiger partial charge < -0.3 is 10.6 Å². The van der Waals surface area contributed by atoms with Gasteiger partial charge in [0.25, 0.3) is 0 Å². The first-order valence-electron chi connectivity index (χ1n) is 11.0. The highest BCUT2D eigenvalue weighted by Crippen LogP contribution is 2.14. The van der Waals surface area contributed by atoms with Crippen LogP contribution in [0.25, 0.3) is 5.82 Å². The maximum Gasteiger partial charge on any atom is 0.191 e. The molecule has 1 aliphatic rings. The summed E-state index contributed by atoms with van der Waals surface area (Å²) in [5, 5.41) is 7.00. The van der Waals surface area contributed by atoms with Crippen molar-refractivity contribution in [2.45, 2.75) is 38.9 Å². The molecule has 32 heavy (non-hydrogen) atoms. The molecule has 0 radical (unpaired) electrons.